The fraction of sp³-hybridized carbons (Fsp3) is 0.632. The molecule has 0 aromatic heterocycles. The molecule has 2 saturated carbocycles. The highest BCUT2D eigenvalue weighted by Gasteiger charge is 2.60. The quantitative estimate of drug-likeness (QED) is 0.686. The van der Waals surface area contributed by atoms with E-state index in [9.17, 15) is 14.9 Å². The van der Waals surface area contributed by atoms with Crippen molar-refractivity contribution in [2.75, 3.05) is 0 Å². The van der Waals surface area contributed by atoms with Crippen LogP contribution in [0.15, 0.2) is 23.8 Å². The Labute approximate surface area is 132 Å². The fourth-order valence-electron chi connectivity index (χ4n) is 5.35. The summed E-state index contributed by atoms with van der Waals surface area (Å²) in [5.74, 6) is -0.284. The van der Waals surface area contributed by atoms with Crippen LogP contribution in [0.2, 0.25) is 0 Å². The number of nitriles is 1. The van der Waals surface area contributed by atoms with E-state index in [0.29, 0.717) is 6.42 Å². The molecular weight excluding hydrogens is 274 g/mol. The topological polar surface area (TPSA) is 57.9 Å². The number of carbonyl (C=O) groups excluding carboxylic acids is 2. The third-order valence-corrected chi connectivity index (χ3v) is 6.46. The first-order valence-electron chi connectivity index (χ1n) is 8.05. The maximum Gasteiger partial charge on any atom is 0.178 e. The highest BCUT2D eigenvalue weighted by atomic mass is 16.1. The van der Waals surface area contributed by atoms with Crippen LogP contribution in [0.25, 0.3) is 0 Å². The maximum atomic E-state index is 12.7. The molecule has 3 nitrogen and oxygen atoms in total. The Hall–Kier alpha value is -1.69. The Morgan fingerprint density at radius 1 is 1.23 bits per heavy atom. The van der Waals surface area contributed by atoms with E-state index in [1.54, 1.807) is 12.2 Å². The van der Waals surface area contributed by atoms with Crippen molar-refractivity contribution in [3.63, 3.8) is 0 Å². The number of nitrogens with zero attached hydrogens (tertiary/aromatic N) is 1. The van der Waals surface area contributed by atoms with Gasteiger partial charge < -0.3 is 0 Å². The smallest absolute Gasteiger partial charge is 0.178 e. The molecule has 3 heteroatoms. The lowest BCUT2D eigenvalue weighted by atomic mass is 9.43. The van der Waals surface area contributed by atoms with Gasteiger partial charge in [-0.2, -0.15) is 5.26 Å². The lowest BCUT2D eigenvalue weighted by molar-refractivity contribution is -0.145. The molecule has 0 heterocycles. The molecule has 3 aliphatic rings. The van der Waals surface area contributed by atoms with Crippen molar-refractivity contribution in [1.29, 1.82) is 5.26 Å². The molecule has 3 rings (SSSR count). The van der Waals surface area contributed by atoms with Crippen LogP contribution < -0.4 is 0 Å². The molecule has 22 heavy (non-hydrogen) atoms. The van der Waals surface area contributed by atoms with Gasteiger partial charge in [-0.05, 0) is 42.7 Å². The molecule has 2 unspecified atom stereocenters. The molecular formula is C19H23NO2. The number of allylic oxidation sites excluding steroid dienone is 4. The van der Waals surface area contributed by atoms with Crippen LogP contribution in [0.5, 0.6) is 0 Å². The van der Waals surface area contributed by atoms with Crippen LogP contribution in [-0.2, 0) is 9.59 Å². The van der Waals surface area contributed by atoms with Crippen LogP contribution in [0.1, 0.15) is 47.0 Å². The van der Waals surface area contributed by atoms with Gasteiger partial charge in [0.2, 0.25) is 0 Å². The number of Topliss-reactive ketones (excluding diaryl/α,β-unsaturated/α-hetero) is 1. The number of hydrogen-bond donors (Lipinski definition) is 0. The van der Waals surface area contributed by atoms with Gasteiger partial charge in [-0.1, -0.05) is 39.3 Å². The second kappa shape index (κ2) is 4.41. The van der Waals surface area contributed by atoms with E-state index < -0.39 is 11.3 Å². The molecule has 0 radical (unpaired) electrons. The lowest BCUT2D eigenvalue weighted by Crippen LogP contribution is -2.56. The summed E-state index contributed by atoms with van der Waals surface area (Å²) in [6.45, 7) is 8.29. The first kappa shape index (κ1) is 15.2. The van der Waals surface area contributed by atoms with Crippen LogP contribution >= 0.6 is 0 Å². The fourth-order valence-corrected chi connectivity index (χ4v) is 5.35. The normalized spacial score (nSPS) is 43.0. The lowest BCUT2D eigenvalue weighted by Gasteiger charge is -2.59. The van der Waals surface area contributed by atoms with Gasteiger partial charge in [-0.3, -0.25) is 9.59 Å². The van der Waals surface area contributed by atoms with Gasteiger partial charge in [0.05, 0.1) is 6.07 Å². The molecule has 0 aromatic carbocycles. The van der Waals surface area contributed by atoms with Gasteiger partial charge >= 0.3 is 0 Å². The Morgan fingerprint density at radius 3 is 2.55 bits per heavy atom. The molecule has 0 aromatic rings. The van der Waals surface area contributed by atoms with E-state index in [2.05, 4.69) is 19.9 Å². The minimum Gasteiger partial charge on any atom is -0.298 e. The first-order valence-corrected chi connectivity index (χ1v) is 8.05. The molecule has 4 atom stereocenters. The van der Waals surface area contributed by atoms with E-state index in [1.165, 1.54) is 0 Å². The summed E-state index contributed by atoms with van der Waals surface area (Å²) < 4.78 is 0. The Bertz CT molecular complexity index is 663. The average molecular weight is 297 g/mol. The van der Waals surface area contributed by atoms with Crippen molar-refractivity contribution in [2.45, 2.75) is 47.0 Å². The van der Waals surface area contributed by atoms with Gasteiger partial charge in [0.25, 0.3) is 0 Å². The molecule has 0 spiro atoms. The molecule has 0 N–H and O–H groups in total. The third-order valence-electron chi connectivity index (χ3n) is 6.46. The number of hydrogen-bond acceptors (Lipinski definition) is 3. The van der Waals surface area contributed by atoms with Crippen molar-refractivity contribution >= 4 is 11.6 Å². The van der Waals surface area contributed by atoms with Crippen LogP contribution in [0.4, 0.5) is 0 Å². The molecule has 0 bridgehead atoms. The second-order valence-corrected chi connectivity index (χ2v) is 8.19. The van der Waals surface area contributed by atoms with Gasteiger partial charge in [-0.15, -0.1) is 0 Å². The Morgan fingerprint density at radius 2 is 1.91 bits per heavy atom. The molecule has 3 aliphatic carbocycles. The minimum absolute atomic E-state index is 0.0255. The monoisotopic (exact) mass is 297 g/mol. The van der Waals surface area contributed by atoms with E-state index >= 15 is 0 Å². The highest BCUT2D eigenvalue weighted by Crippen LogP contribution is 2.64. The van der Waals surface area contributed by atoms with Crippen LogP contribution in [0, 0.1) is 39.4 Å². The van der Waals surface area contributed by atoms with Gasteiger partial charge in [0.1, 0.15) is 5.92 Å². The summed E-state index contributed by atoms with van der Waals surface area (Å²) in [4.78, 5) is 24.6. The highest BCUT2D eigenvalue weighted by molar-refractivity contribution is 6.01. The summed E-state index contributed by atoms with van der Waals surface area (Å²) in [5.41, 5.74) is 0.241. The minimum atomic E-state index is -0.569. The molecule has 0 saturated heterocycles. The summed E-state index contributed by atoms with van der Waals surface area (Å²) in [5, 5.41) is 9.44. The number of fused-ring (bicyclic) bond motifs is 3. The van der Waals surface area contributed by atoms with E-state index in [4.69, 9.17) is 0 Å². The van der Waals surface area contributed by atoms with E-state index in [0.717, 1.165) is 18.4 Å². The summed E-state index contributed by atoms with van der Waals surface area (Å²) in [6.07, 6.45) is 7.91. The van der Waals surface area contributed by atoms with E-state index in [-0.39, 0.29) is 28.3 Å². The molecule has 0 aliphatic heterocycles. The van der Waals surface area contributed by atoms with Gasteiger partial charge in [0, 0.05) is 10.8 Å². The zero-order chi connectivity index (χ0) is 16.3. The summed E-state index contributed by atoms with van der Waals surface area (Å²) in [7, 11) is 0. The van der Waals surface area contributed by atoms with Crippen LogP contribution in [-0.4, -0.2) is 11.6 Å². The maximum absolute atomic E-state index is 12.7. The standard InChI is InChI=1S/C19H23NO2/c1-17(2)14-6-8-18(3)7-5-13(21)9-15(18)19(14,4)10-12(11-20)16(17)22/h5,7,9,12,14H,6,8,10H2,1-4H3/t12?,14-,18?,19-/m0/s1. The summed E-state index contributed by atoms with van der Waals surface area (Å²) in [6, 6.07) is 2.21. The van der Waals surface area contributed by atoms with Crippen molar-refractivity contribution in [3.05, 3.63) is 23.8 Å². The van der Waals surface area contributed by atoms with E-state index in [1.807, 2.05) is 19.9 Å². The van der Waals surface area contributed by atoms with Crippen molar-refractivity contribution in [3.8, 4) is 6.07 Å². The van der Waals surface area contributed by atoms with Gasteiger partial charge in [0.15, 0.2) is 11.6 Å². The van der Waals surface area contributed by atoms with Crippen molar-refractivity contribution < 1.29 is 9.59 Å². The first-order chi connectivity index (χ1) is 10.1. The van der Waals surface area contributed by atoms with Gasteiger partial charge in [-0.25, -0.2) is 0 Å². The predicted molar refractivity (Wildman–Crippen MR) is 83.7 cm³/mol. The number of rotatable bonds is 0. The molecule has 116 valence electrons. The third kappa shape index (κ3) is 1.79. The number of ketones is 2. The number of carbonyl (C=O) groups is 2. The second-order valence-electron chi connectivity index (χ2n) is 8.19. The average Bonchev–Trinajstić information content (AvgIpc) is 2.45. The SMILES string of the molecule is CC12C=CC(=O)C=C1[C@@]1(C)CC(C#N)C(=O)C(C)(C)[C@@H]1CC2. The Balaban J connectivity index is 2.16. The predicted octanol–water partition coefficient (Wildman–Crippen LogP) is 3.61. The zero-order valence-corrected chi connectivity index (χ0v) is 13.8. The Kier molecular flexibility index (Phi) is 3.05. The molecule has 2 fully saturated rings. The molecule has 0 amide bonds. The zero-order valence-electron chi connectivity index (χ0n) is 13.8. The largest absolute Gasteiger partial charge is 0.298 e. The van der Waals surface area contributed by atoms with Crippen molar-refractivity contribution in [1.82, 2.24) is 0 Å². The van der Waals surface area contributed by atoms with Crippen LogP contribution in [0.3, 0.4) is 0 Å². The summed E-state index contributed by atoms with van der Waals surface area (Å²) >= 11 is 0. The van der Waals surface area contributed by atoms with Crippen molar-refractivity contribution in [2.24, 2.45) is 28.1 Å².